The minimum atomic E-state index is -1.05. The number of hydrogen-bond acceptors (Lipinski definition) is 6. The van der Waals surface area contributed by atoms with Crippen molar-refractivity contribution in [1.82, 2.24) is 10.3 Å². The summed E-state index contributed by atoms with van der Waals surface area (Å²) in [6, 6.07) is 6.15. The highest BCUT2D eigenvalue weighted by Gasteiger charge is 2.11. The average Bonchev–Trinajstić information content (AvgIpc) is 3.06. The molecule has 0 unspecified atom stereocenters. The number of hydrogen-bond donors (Lipinski definition) is 3. The summed E-state index contributed by atoms with van der Waals surface area (Å²) in [5, 5.41) is 26.4. The number of carboxylic acid groups (broad SMARTS) is 1. The molecular weight excluding hydrogens is 360 g/mol. The van der Waals surface area contributed by atoms with Crippen molar-refractivity contribution >= 4 is 34.2 Å². The van der Waals surface area contributed by atoms with Crippen LogP contribution in [0.5, 0.6) is 0 Å². The van der Waals surface area contributed by atoms with Crippen LogP contribution in [-0.4, -0.2) is 33.6 Å². The van der Waals surface area contributed by atoms with Crippen LogP contribution in [0, 0.1) is 10.1 Å². The second-order valence-corrected chi connectivity index (χ2v) is 6.29. The number of non-ortho nitro benzene ring substituents is 1. The molecule has 0 radical (unpaired) electrons. The van der Waals surface area contributed by atoms with Crippen molar-refractivity contribution in [3.8, 4) is 11.3 Å². The van der Waals surface area contributed by atoms with Gasteiger partial charge in [0.2, 0.25) is 5.91 Å². The van der Waals surface area contributed by atoms with Gasteiger partial charge in [0.15, 0.2) is 5.13 Å². The molecule has 1 aromatic carbocycles. The normalized spacial score (nSPS) is 10.3. The summed E-state index contributed by atoms with van der Waals surface area (Å²) in [6.07, 6.45) is 1.33. The Morgan fingerprint density at radius 3 is 2.81 bits per heavy atom. The third-order valence-electron chi connectivity index (χ3n) is 3.46. The van der Waals surface area contributed by atoms with E-state index in [0.717, 1.165) is 6.42 Å². The molecule has 0 saturated heterocycles. The molecule has 0 spiro atoms. The molecule has 0 saturated carbocycles. The predicted octanol–water partition coefficient (Wildman–Crippen LogP) is 3.48. The van der Waals surface area contributed by atoms with Crippen molar-refractivity contribution < 1.29 is 19.6 Å². The lowest BCUT2D eigenvalue weighted by atomic mass is 10.1. The van der Waals surface area contributed by atoms with Crippen molar-refractivity contribution in [3.05, 3.63) is 39.8 Å². The first kappa shape index (κ1) is 19.3. The number of benzene rings is 1. The fourth-order valence-electron chi connectivity index (χ4n) is 2.21. The van der Waals surface area contributed by atoms with Gasteiger partial charge in [-0.3, -0.25) is 14.9 Å². The van der Waals surface area contributed by atoms with Crippen LogP contribution in [0.25, 0.3) is 11.3 Å². The largest absolute Gasteiger partial charge is 0.465 e. The molecule has 0 atom stereocenters. The highest BCUT2D eigenvalue weighted by Crippen LogP contribution is 2.27. The van der Waals surface area contributed by atoms with Gasteiger partial charge in [0.05, 0.1) is 10.6 Å². The van der Waals surface area contributed by atoms with E-state index in [4.69, 9.17) is 5.11 Å². The number of anilines is 1. The van der Waals surface area contributed by atoms with Crippen LogP contribution in [0.3, 0.4) is 0 Å². The Morgan fingerprint density at radius 1 is 1.27 bits per heavy atom. The summed E-state index contributed by atoms with van der Waals surface area (Å²) < 4.78 is 0. The molecule has 0 fully saturated rings. The predicted molar refractivity (Wildman–Crippen MR) is 97.3 cm³/mol. The molecule has 0 aliphatic rings. The van der Waals surface area contributed by atoms with Crippen LogP contribution < -0.4 is 10.6 Å². The van der Waals surface area contributed by atoms with E-state index in [0.29, 0.717) is 42.2 Å². The number of carbonyl (C=O) groups excluding carboxylic acids is 1. The first-order chi connectivity index (χ1) is 12.5. The van der Waals surface area contributed by atoms with Gasteiger partial charge in [0.25, 0.3) is 5.69 Å². The molecule has 2 rings (SSSR count). The fourth-order valence-corrected chi connectivity index (χ4v) is 2.94. The first-order valence-corrected chi connectivity index (χ1v) is 8.80. The van der Waals surface area contributed by atoms with E-state index in [1.807, 2.05) is 0 Å². The number of carbonyl (C=O) groups is 2. The maximum Gasteiger partial charge on any atom is 0.404 e. The Bertz CT molecular complexity index is 792. The van der Waals surface area contributed by atoms with Gasteiger partial charge in [-0.25, -0.2) is 9.78 Å². The Balaban J connectivity index is 1.80. The number of rotatable bonds is 9. The highest BCUT2D eigenvalue weighted by molar-refractivity contribution is 7.14. The Morgan fingerprint density at radius 2 is 2.08 bits per heavy atom. The van der Waals surface area contributed by atoms with Crippen molar-refractivity contribution in [1.29, 1.82) is 0 Å². The van der Waals surface area contributed by atoms with Gasteiger partial charge in [-0.15, -0.1) is 11.3 Å². The van der Waals surface area contributed by atoms with E-state index in [9.17, 15) is 19.7 Å². The second kappa shape index (κ2) is 9.47. The molecule has 0 aliphatic heterocycles. The number of nitrogens with one attached hydrogen (secondary N) is 2. The van der Waals surface area contributed by atoms with Gasteiger partial charge in [-0.2, -0.15) is 0 Å². The van der Waals surface area contributed by atoms with Crippen molar-refractivity contribution in [2.24, 2.45) is 0 Å². The zero-order chi connectivity index (χ0) is 18.9. The molecule has 26 heavy (non-hydrogen) atoms. The maximum absolute atomic E-state index is 11.9. The topological polar surface area (TPSA) is 134 Å². The lowest BCUT2D eigenvalue weighted by Crippen LogP contribution is -2.21. The molecule has 2 amide bonds. The molecular formula is C16H18N4O5S. The van der Waals surface area contributed by atoms with Gasteiger partial charge < -0.3 is 15.7 Å². The summed E-state index contributed by atoms with van der Waals surface area (Å²) in [5.74, 6) is -0.170. The first-order valence-electron chi connectivity index (χ1n) is 7.92. The standard InChI is InChI=1S/C16H18N4O5S/c21-14(7-2-1-3-8-17-16(22)23)19-15-18-13(10-26-15)11-5-4-6-12(9-11)20(24)25/h4-6,9-10,17H,1-3,7-8H2,(H,22,23)(H,18,19,21). The summed E-state index contributed by atoms with van der Waals surface area (Å²) in [6.45, 7) is 0.371. The molecule has 138 valence electrons. The van der Waals surface area contributed by atoms with Crippen LogP contribution in [0.15, 0.2) is 29.6 Å². The maximum atomic E-state index is 11.9. The zero-order valence-electron chi connectivity index (χ0n) is 13.8. The summed E-state index contributed by atoms with van der Waals surface area (Å²) in [7, 11) is 0. The van der Waals surface area contributed by atoms with Crippen LogP contribution in [0.2, 0.25) is 0 Å². The van der Waals surface area contributed by atoms with Gasteiger partial charge in [0.1, 0.15) is 0 Å². The van der Waals surface area contributed by atoms with E-state index >= 15 is 0 Å². The van der Waals surface area contributed by atoms with E-state index in [2.05, 4.69) is 15.6 Å². The fraction of sp³-hybridized carbons (Fsp3) is 0.312. The van der Waals surface area contributed by atoms with Gasteiger partial charge in [0, 0.05) is 36.0 Å². The van der Waals surface area contributed by atoms with Crippen LogP contribution >= 0.6 is 11.3 Å². The molecule has 2 aromatic rings. The smallest absolute Gasteiger partial charge is 0.404 e. The molecule has 9 nitrogen and oxygen atoms in total. The molecule has 10 heteroatoms. The Labute approximate surface area is 153 Å². The van der Waals surface area contributed by atoms with Gasteiger partial charge >= 0.3 is 6.09 Å². The summed E-state index contributed by atoms with van der Waals surface area (Å²) in [4.78, 5) is 36.8. The lowest BCUT2D eigenvalue weighted by Gasteiger charge is -2.02. The monoisotopic (exact) mass is 378 g/mol. The summed E-state index contributed by atoms with van der Waals surface area (Å²) in [5.41, 5.74) is 1.16. The number of nitrogens with zero attached hydrogens (tertiary/aromatic N) is 2. The quantitative estimate of drug-likeness (QED) is 0.347. The molecule has 1 aromatic heterocycles. The van der Waals surface area contributed by atoms with E-state index in [-0.39, 0.29) is 11.6 Å². The zero-order valence-corrected chi connectivity index (χ0v) is 14.6. The molecule has 0 aliphatic carbocycles. The second-order valence-electron chi connectivity index (χ2n) is 5.44. The Kier molecular flexibility index (Phi) is 7.03. The van der Waals surface area contributed by atoms with Crippen molar-refractivity contribution in [3.63, 3.8) is 0 Å². The highest BCUT2D eigenvalue weighted by atomic mass is 32.1. The molecule has 0 bridgehead atoms. The molecule has 1 heterocycles. The number of unbranched alkanes of at least 4 members (excludes halogenated alkanes) is 2. The lowest BCUT2D eigenvalue weighted by molar-refractivity contribution is -0.384. The van der Waals surface area contributed by atoms with Gasteiger partial charge in [-0.05, 0) is 12.8 Å². The minimum absolute atomic E-state index is 0.0153. The number of nitro groups is 1. The minimum Gasteiger partial charge on any atom is -0.465 e. The van der Waals surface area contributed by atoms with Crippen LogP contribution in [-0.2, 0) is 4.79 Å². The number of aromatic nitrogens is 1. The SMILES string of the molecule is O=C(O)NCCCCCC(=O)Nc1nc(-c2cccc([N+](=O)[O-])c2)cs1. The number of thiazole rings is 1. The number of amides is 2. The van der Waals surface area contributed by atoms with E-state index in [1.54, 1.807) is 17.5 Å². The summed E-state index contributed by atoms with van der Waals surface area (Å²) >= 11 is 1.25. The Hall–Kier alpha value is -3.01. The van der Waals surface area contributed by atoms with E-state index < -0.39 is 11.0 Å². The van der Waals surface area contributed by atoms with Crippen molar-refractivity contribution in [2.45, 2.75) is 25.7 Å². The van der Waals surface area contributed by atoms with E-state index in [1.165, 1.54) is 23.5 Å². The van der Waals surface area contributed by atoms with Crippen molar-refractivity contribution in [2.75, 3.05) is 11.9 Å². The van der Waals surface area contributed by atoms with Crippen LogP contribution in [0.1, 0.15) is 25.7 Å². The molecule has 3 N–H and O–H groups in total. The third kappa shape index (κ3) is 6.13. The average molecular weight is 378 g/mol. The van der Waals surface area contributed by atoms with Gasteiger partial charge in [-0.1, -0.05) is 18.6 Å². The number of nitro benzene ring substituents is 1. The third-order valence-corrected chi connectivity index (χ3v) is 4.22. The van der Waals surface area contributed by atoms with Crippen LogP contribution in [0.4, 0.5) is 15.6 Å².